The second-order valence-corrected chi connectivity index (χ2v) is 4.11. The van der Waals surface area contributed by atoms with Crippen molar-refractivity contribution in [3.63, 3.8) is 0 Å². The summed E-state index contributed by atoms with van der Waals surface area (Å²) in [5.41, 5.74) is 2.66. The number of benzene rings is 1. The summed E-state index contributed by atoms with van der Waals surface area (Å²) in [6.07, 6.45) is 2.23. The van der Waals surface area contributed by atoms with Crippen LogP contribution in [0.2, 0.25) is 0 Å². The lowest BCUT2D eigenvalue weighted by Crippen LogP contribution is -2.19. The highest BCUT2D eigenvalue weighted by atomic mass is 16.5. The highest BCUT2D eigenvalue weighted by Crippen LogP contribution is 2.33. The molecule has 0 bridgehead atoms. The lowest BCUT2D eigenvalue weighted by molar-refractivity contribution is 0.349. The van der Waals surface area contributed by atoms with Crippen LogP contribution in [0, 0.1) is 0 Å². The maximum absolute atomic E-state index is 5.69. The van der Waals surface area contributed by atoms with Crippen LogP contribution < -0.4 is 10.1 Å². The fourth-order valence-electron chi connectivity index (χ4n) is 2.05. The monoisotopic (exact) mass is 205 g/mol. The molecule has 2 nitrogen and oxygen atoms in total. The average molecular weight is 205 g/mol. The van der Waals surface area contributed by atoms with Crippen molar-refractivity contribution in [3.8, 4) is 5.75 Å². The van der Waals surface area contributed by atoms with Crippen LogP contribution in [-0.2, 0) is 6.42 Å². The summed E-state index contributed by atoms with van der Waals surface area (Å²) in [4.78, 5) is 0. The first-order valence-corrected chi connectivity index (χ1v) is 5.81. The van der Waals surface area contributed by atoms with Crippen LogP contribution in [0.4, 0.5) is 0 Å². The Morgan fingerprint density at radius 2 is 2.33 bits per heavy atom. The SMILES string of the molecule is CCCNC(C)c1cccc2c1OCC2. The first kappa shape index (κ1) is 10.5. The molecule has 0 saturated carbocycles. The molecule has 82 valence electrons. The number of nitrogens with one attached hydrogen (secondary N) is 1. The second-order valence-electron chi connectivity index (χ2n) is 4.11. The minimum Gasteiger partial charge on any atom is -0.493 e. The third-order valence-electron chi connectivity index (χ3n) is 2.91. The third-order valence-corrected chi connectivity index (χ3v) is 2.91. The van der Waals surface area contributed by atoms with Crippen LogP contribution in [0.5, 0.6) is 5.75 Å². The summed E-state index contributed by atoms with van der Waals surface area (Å²) < 4.78 is 5.69. The van der Waals surface area contributed by atoms with Crippen LogP contribution in [-0.4, -0.2) is 13.2 Å². The molecule has 1 aromatic carbocycles. The second kappa shape index (κ2) is 4.67. The van der Waals surface area contributed by atoms with E-state index in [1.165, 1.54) is 17.5 Å². The van der Waals surface area contributed by atoms with Gasteiger partial charge in [0.05, 0.1) is 6.61 Å². The van der Waals surface area contributed by atoms with Gasteiger partial charge in [-0.25, -0.2) is 0 Å². The van der Waals surface area contributed by atoms with Crippen molar-refractivity contribution >= 4 is 0 Å². The molecule has 1 heterocycles. The van der Waals surface area contributed by atoms with E-state index in [1.54, 1.807) is 0 Å². The largest absolute Gasteiger partial charge is 0.493 e. The van der Waals surface area contributed by atoms with Crippen molar-refractivity contribution in [1.82, 2.24) is 5.32 Å². The first-order valence-electron chi connectivity index (χ1n) is 5.81. The van der Waals surface area contributed by atoms with Crippen LogP contribution in [0.3, 0.4) is 0 Å². The zero-order valence-electron chi connectivity index (χ0n) is 9.55. The minimum atomic E-state index is 0.387. The molecule has 1 N–H and O–H groups in total. The van der Waals surface area contributed by atoms with Crippen LogP contribution in [0.15, 0.2) is 18.2 Å². The van der Waals surface area contributed by atoms with Gasteiger partial charge in [-0.1, -0.05) is 25.1 Å². The zero-order valence-corrected chi connectivity index (χ0v) is 9.55. The molecule has 0 radical (unpaired) electrons. The Morgan fingerprint density at radius 3 is 3.13 bits per heavy atom. The summed E-state index contributed by atoms with van der Waals surface area (Å²) >= 11 is 0. The van der Waals surface area contributed by atoms with Gasteiger partial charge in [-0.05, 0) is 25.5 Å². The smallest absolute Gasteiger partial charge is 0.127 e. The summed E-state index contributed by atoms with van der Waals surface area (Å²) in [5.74, 6) is 1.12. The summed E-state index contributed by atoms with van der Waals surface area (Å²) in [7, 11) is 0. The summed E-state index contributed by atoms with van der Waals surface area (Å²) in [5, 5.41) is 3.50. The van der Waals surface area contributed by atoms with Crippen LogP contribution in [0.1, 0.15) is 37.4 Å². The molecule has 2 heteroatoms. The van der Waals surface area contributed by atoms with Crippen molar-refractivity contribution in [1.29, 1.82) is 0 Å². The number of hydrogen-bond acceptors (Lipinski definition) is 2. The van der Waals surface area contributed by atoms with E-state index in [9.17, 15) is 0 Å². The summed E-state index contributed by atoms with van der Waals surface area (Å²) in [6, 6.07) is 6.85. The number of para-hydroxylation sites is 1. The molecule has 1 unspecified atom stereocenters. The maximum Gasteiger partial charge on any atom is 0.127 e. The predicted molar refractivity (Wildman–Crippen MR) is 62.3 cm³/mol. The summed E-state index contributed by atoms with van der Waals surface area (Å²) in [6.45, 7) is 6.29. The van der Waals surface area contributed by atoms with E-state index in [1.807, 2.05) is 0 Å². The van der Waals surface area contributed by atoms with Gasteiger partial charge >= 0.3 is 0 Å². The normalized spacial score (nSPS) is 15.9. The third kappa shape index (κ3) is 2.15. The Hall–Kier alpha value is -1.02. The predicted octanol–water partition coefficient (Wildman–Crippen LogP) is 2.68. The Labute approximate surface area is 91.6 Å². The van der Waals surface area contributed by atoms with E-state index in [2.05, 4.69) is 37.4 Å². The molecule has 1 aromatic rings. The quantitative estimate of drug-likeness (QED) is 0.816. The van der Waals surface area contributed by atoms with E-state index in [-0.39, 0.29) is 0 Å². The molecule has 2 rings (SSSR count). The minimum absolute atomic E-state index is 0.387. The van der Waals surface area contributed by atoms with Gasteiger partial charge in [0.25, 0.3) is 0 Å². The van der Waals surface area contributed by atoms with Gasteiger partial charge < -0.3 is 10.1 Å². The molecule has 0 aliphatic carbocycles. The first-order chi connectivity index (χ1) is 7.33. The molecule has 1 aliphatic heterocycles. The standard InChI is InChI=1S/C13H19NO/c1-3-8-14-10(2)12-6-4-5-11-7-9-15-13(11)12/h4-6,10,14H,3,7-9H2,1-2H3. The molecule has 0 amide bonds. The fraction of sp³-hybridized carbons (Fsp3) is 0.538. The zero-order chi connectivity index (χ0) is 10.7. The maximum atomic E-state index is 5.69. The highest BCUT2D eigenvalue weighted by molar-refractivity contribution is 5.45. The van der Waals surface area contributed by atoms with Crippen LogP contribution in [0.25, 0.3) is 0 Å². The number of fused-ring (bicyclic) bond motifs is 1. The molecule has 15 heavy (non-hydrogen) atoms. The lowest BCUT2D eigenvalue weighted by Gasteiger charge is -2.16. The molecule has 1 aliphatic rings. The highest BCUT2D eigenvalue weighted by Gasteiger charge is 2.18. The van der Waals surface area contributed by atoms with Crippen molar-refractivity contribution in [2.75, 3.05) is 13.2 Å². The molecule has 0 spiro atoms. The van der Waals surface area contributed by atoms with Gasteiger partial charge in [-0.2, -0.15) is 0 Å². The molecular formula is C13H19NO. The van der Waals surface area contributed by atoms with Gasteiger partial charge in [0, 0.05) is 18.0 Å². The van der Waals surface area contributed by atoms with Gasteiger partial charge in [0.15, 0.2) is 0 Å². The Balaban J connectivity index is 2.17. The van der Waals surface area contributed by atoms with E-state index in [4.69, 9.17) is 4.74 Å². The van der Waals surface area contributed by atoms with Crippen molar-refractivity contribution in [3.05, 3.63) is 29.3 Å². The van der Waals surface area contributed by atoms with E-state index >= 15 is 0 Å². The molecule has 0 fully saturated rings. The van der Waals surface area contributed by atoms with Crippen LogP contribution >= 0.6 is 0 Å². The molecular weight excluding hydrogens is 186 g/mol. The van der Waals surface area contributed by atoms with Gasteiger partial charge in [-0.15, -0.1) is 0 Å². The Morgan fingerprint density at radius 1 is 1.47 bits per heavy atom. The van der Waals surface area contributed by atoms with Gasteiger partial charge in [0.2, 0.25) is 0 Å². The molecule has 1 atom stereocenters. The lowest BCUT2D eigenvalue weighted by atomic mass is 10.0. The molecule has 0 saturated heterocycles. The average Bonchev–Trinajstić information content (AvgIpc) is 2.73. The topological polar surface area (TPSA) is 21.3 Å². The molecule has 0 aromatic heterocycles. The fourth-order valence-corrected chi connectivity index (χ4v) is 2.05. The van der Waals surface area contributed by atoms with E-state index in [0.29, 0.717) is 6.04 Å². The van der Waals surface area contributed by atoms with Gasteiger partial charge in [-0.3, -0.25) is 0 Å². The number of ether oxygens (including phenoxy) is 1. The Kier molecular flexibility index (Phi) is 3.27. The Bertz CT molecular complexity index is 335. The van der Waals surface area contributed by atoms with Crippen molar-refractivity contribution < 1.29 is 4.74 Å². The van der Waals surface area contributed by atoms with E-state index in [0.717, 1.165) is 25.3 Å². The van der Waals surface area contributed by atoms with Crippen molar-refractivity contribution in [2.45, 2.75) is 32.7 Å². The van der Waals surface area contributed by atoms with Crippen molar-refractivity contribution in [2.24, 2.45) is 0 Å². The number of rotatable bonds is 4. The van der Waals surface area contributed by atoms with E-state index < -0.39 is 0 Å². The van der Waals surface area contributed by atoms with Gasteiger partial charge in [0.1, 0.15) is 5.75 Å². The number of hydrogen-bond donors (Lipinski definition) is 1.